The molecule has 0 atom stereocenters. The van der Waals surface area contributed by atoms with Crippen LogP contribution in [0.5, 0.6) is 11.5 Å². The first-order valence-corrected chi connectivity index (χ1v) is 7.61. The molecule has 0 saturated heterocycles. The van der Waals surface area contributed by atoms with E-state index in [1.54, 1.807) is 30.0 Å². The zero-order chi connectivity index (χ0) is 17.2. The van der Waals surface area contributed by atoms with Crippen molar-refractivity contribution in [2.75, 3.05) is 0 Å². The van der Waals surface area contributed by atoms with E-state index in [0.717, 1.165) is 5.69 Å². The average molecular weight is 331 g/mol. The molecule has 1 aliphatic rings. The summed E-state index contributed by atoms with van der Waals surface area (Å²) in [6.45, 7) is 0. The molecule has 2 aromatic carbocycles. The lowest BCUT2D eigenvalue weighted by molar-refractivity contribution is 0.0706. The van der Waals surface area contributed by atoms with E-state index < -0.39 is 5.91 Å². The highest BCUT2D eigenvalue weighted by molar-refractivity contribution is 6.03. The summed E-state index contributed by atoms with van der Waals surface area (Å²) in [5, 5.41) is 8.98. The van der Waals surface area contributed by atoms with Crippen LogP contribution < -0.4 is 10.2 Å². The molecule has 0 saturated carbocycles. The number of hydrogen-bond donors (Lipinski definition) is 2. The maximum Gasteiger partial charge on any atom is 0.276 e. The second-order valence-corrected chi connectivity index (χ2v) is 5.39. The number of aromatic nitrogens is 1. The molecule has 25 heavy (non-hydrogen) atoms. The highest BCUT2D eigenvalue weighted by Crippen LogP contribution is 2.39. The molecule has 0 unspecified atom stereocenters. The monoisotopic (exact) mass is 331 g/mol. The van der Waals surface area contributed by atoms with Gasteiger partial charge in [-0.05, 0) is 30.3 Å². The molecule has 0 fully saturated rings. The zero-order valence-corrected chi connectivity index (χ0v) is 13.0. The van der Waals surface area contributed by atoms with Crippen molar-refractivity contribution in [2.24, 2.45) is 4.99 Å². The number of carbonyl (C=O) groups excluding carboxylic acids is 1. The molecule has 0 bridgehead atoms. The van der Waals surface area contributed by atoms with Gasteiger partial charge in [-0.3, -0.25) is 20.0 Å². The van der Waals surface area contributed by atoms with Gasteiger partial charge in [-0.2, -0.15) is 0 Å². The Morgan fingerprint density at radius 3 is 2.72 bits per heavy atom. The number of ether oxygens (including phenoxy) is 1. The van der Waals surface area contributed by atoms with Gasteiger partial charge in [0, 0.05) is 23.5 Å². The summed E-state index contributed by atoms with van der Waals surface area (Å²) in [6, 6.07) is 16.2. The first-order chi connectivity index (χ1) is 12.3. The van der Waals surface area contributed by atoms with Gasteiger partial charge in [0.25, 0.3) is 5.91 Å². The summed E-state index contributed by atoms with van der Waals surface area (Å²) in [5.41, 5.74) is 4.47. The number of nitrogens with zero attached hydrogens (tertiary/aromatic N) is 2. The number of aliphatic imine (C=N–C) groups is 1. The fraction of sp³-hybridized carbons (Fsp3) is 0. The van der Waals surface area contributed by atoms with Crippen LogP contribution in [0.3, 0.4) is 0 Å². The van der Waals surface area contributed by atoms with E-state index in [2.05, 4.69) is 9.98 Å². The molecule has 6 heteroatoms. The summed E-state index contributed by atoms with van der Waals surface area (Å²) in [7, 11) is 0. The Morgan fingerprint density at radius 2 is 1.84 bits per heavy atom. The molecule has 1 amide bonds. The van der Waals surface area contributed by atoms with Gasteiger partial charge < -0.3 is 4.74 Å². The second-order valence-electron chi connectivity index (χ2n) is 5.39. The molecule has 0 radical (unpaired) electrons. The number of hydrogen-bond acceptors (Lipinski definition) is 5. The summed E-state index contributed by atoms with van der Waals surface area (Å²) >= 11 is 0. The quantitative estimate of drug-likeness (QED) is 0.433. The minimum absolute atomic E-state index is 0.258. The Hall–Kier alpha value is -3.51. The number of fused-ring (bicyclic) bond motifs is 2. The Balaban J connectivity index is 1.91. The lowest BCUT2D eigenvalue weighted by atomic mass is 9.99. The van der Waals surface area contributed by atoms with Crippen molar-refractivity contribution in [1.29, 1.82) is 0 Å². The van der Waals surface area contributed by atoms with E-state index >= 15 is 0 Å². The second kappa shape index (κ2) is 6.18. The van der Waals surface area contributed by atoms with E-state index in [1.165, 1.54) is 0 Å². The number of para-hydroxylation sites is 2. The predicted molar refractivity (Wildman–Crippen MR) is 92.7 cm³/mol. The number of hydroxylamine groups is 1. The molecule has 2 N–H and O–H groups in total. The number of pyridine rings is 1. The van der Waals surface area contributed by atoms with Crippen molar-refractivity contribution in [2.45, 2.75) is 0 Å². The van der Waals surface area contributed by atoms with Crippen LogP contribution in [0.2, 0.25) is 0 Å². The SMILES string of the molecule is O=C(NO)c1cccnc1-c1cccc2c1C=Nc1ccccc1O2. The van der Waals surface area contributed by atoms with Crippen molar-refractivity contribution >= 4 is 17.8 Å². The molecule has 4 rings (SSSR count). The van der Waals surface area contributed by atoms with Crippen molar-refractivity contribution < 1.29 is 14.7 Å². The van der Waals surface area contributed by atoms with E-state index in [9.17, 15) is 4.79 Å². The van der Waals surface area contributed by atoms with Crippen molar-refractivity contribution in [3.05, 3.63) is 71.9 Å². The fourth-order valence-corrected chi connectivity index (χ4v) is 2.74. The summed E-state index contributed by atoms with van der Waals surface area (Å²) < 4.78 is 5.99. The van der Waals surface area contributed by atoms with Gasteiger partial charge in [0.1, 0.15) is 11.4 Å². The number of nitrogens with one attached hydrogen (secondary N) is 1. The van der Waals surface area contributed by atoms with Gasteiger partial charge >= 0.3 is 0 Å². The molecule has 0 aliphatic carbocycles. The van der Waals surface area contributed by atoms with Crippen LogP contribution in [0.1, 0.15) is 15.9 Å². The standard InChI is InChI=1S/C19H13N3O3/c23-19(22-24)13-6-4-10-20-18(13)12-5-3-9-16-14(12)11-21-15-7-1-2-8-17(15)25-16/h1-11,24H,(H,22,23). The zero-order valence-electron chi connectivity index (χ0n) is 13.0. The number of carbonyl (C=O) groups is 1. The van der Waals surface area contributed by atoms with Crippen molar-refractivity contribution in [1.82, 2.24) is 10.5 Å². The maximum atomic E-state index is 12.0. The largest absolute Gasteiger partial charge is 0.454 e. The van der Waals surface area contributed by atoms with Crippen LogP contribution in [0.4, 0.5) is 5.69 Å². The lowest BCUT2D eigenvalue weighted by Crippen LogP contribution is -2.20. The lowest BCUT2D eigenvalue weighted by Gasteiger charge is -2.12. The van der Waals surface area contributed by atoms with E-state index in [-0.39, 0.29) is 5.56 Å². The van der Waals surface area contributed by atoms with E-state index in [1.807, 2.05) is 42.5 Å². The number of benzene rings is 2. The molecule has 122 valence electrons. The van der Waals surface area contributed by atoms with Crippen LogP contribution in [-0.4, -0.2) is 22.3 Å². The summed E-state index contributed by atoms with van der Waals surface area (Å²) in [4.78, 5) is 20.8. The topological polar surface area (TPSA) is 83.8 Å². The third kappa shape index (κ3) is 2.64. The minimum Gasteiger partial charge on any atom is -0.454 e. The molecule has 1 aromatic heterocycles. The van der Waals surface area contributed by atoms with Gasteiger partial charge in [-0.25, -0.2) is 5.48 Å². The number of rotatable bonds is 2. The smallest absolute Gasteiger partial charge is 0.276 e. The first-order valence-electron chi connectivity index (χ1n) is 7.61. The highest BCUT2D eigenvalue weighted by Gasteiger charge is 2.20. The van der Waals surface area contributed by atoms with Crippen molar-refractivity contribution in [3.8, 4) is 22.8 Å². The first kappa shape index (κ1) is 15.0. The van der Waals surface area contributed by atoms with Crippen LogP contribution >= 0.6 is 0 Å². The summed E-state index contributed by atoms with van der Waals surface area (Å²) in [6.07, 6.45) is 3.29. The molecule has 0 spiro atoms. The minimum atomic E-state index is -0.629. The molecule has 1 aliphatic heterocycles. The van der Waals surface area contributed by atoms with Gasteiger partial charge in [0.05, 0.1) is 11.3 Å². The van der Waals surface area contributed by atoms with Gasteiger partial charge in [-0.15, -0.1) is 0 Å². The van der Waals surface area contributed by atoms with Crippen LogP contribution in [0, 0.1) is 0 Å². The number of amides is 1. The summed E-state index contributed by atoms with van der Waals surface area (Å²) in [5.74, 6) is 0.645. The van der Waals surface area contributed by atoms with E-state index in [0.29, 0.717) is 28.3 Å². The maximum absolute atomic E-state index is 12.0. The van der Waals surface area contributed by atoms with Crippen LogP contribution in [-0.2, 0) is 0 Å². The molecular formula is C19H13N3O3. The fourth-order valence-electron chi connectivity index (χ4n) is 2.74. The molecular weight excluding hydrogens is 318 g/mol. The Morgan fingerprint density at radius 1 is 1.00 bits per heavy atom. The average Bonchev–Trinajstić information content (AvgIpc) is 2.86. The Bertz CT molecular complexity index is 999. The van der Waals surface area contributed by atoms with Gasteiger partial charge in [-0.1, -0.05) is 24.3 Å². The third-order valence-electron chi connectivity index (χ3n) is 3.89. The molecule has 3 aromatic rings. The Kier molecular flexibility index (Phi) is 3.72. The van der Waals surface area contributed by atoms with Gasteiger partial charge in [0.2, 0.25) is 0 Å². The normalized spacial score (nSPS) is 11.7. The highest BCUT2D eigenvalue weighted by atomic mass is 16.5. The van der Waals surface area contributed by atoms with E-state index in [4.69, 9.17) is 9.94 Å². The van der Waals surface area contributed by atoms with Crippen LogP contribution in [0.15, 0.2) is 65.8 Å². The van der Waals surface area contributed by atoms with Gasteiger partial charge in [0.15, 0.2) is 5.75 Å². The van der Waals surface area contributed by atoms with Crippen molar-refractivity contribution in [3.63, 3.8) is 0 Å². The third-order valence-corrected chi connectivity index (χ3v) is 3.89. The Labute approximate surface area is 143 Å². The molecule has 2 heterocycles. The predicted octanol–water partition coefficient (Wildman–Crippen LogP) is 3.72. The van der Waals surface area contributed by atoms with Crippen LogP contribution in [0.25, 0.3) is 11.3 Å². The molecule has 6 nitrogen and oxygen atoms in total.